The van der Waals surface area contributed by atoms with Crippen molar-refractivity contribution in [3.8, 4) is 0 Å². The Morgan fingerprint density at radius 1 is 0.960 bits per heavy atom. The third kappa shape index (κ3) is 5.64. The van der Waals surface area contributed by atoms with E-state index >= 15 is 0 Å². The smallest absolute Gasteiger partial charge is 0.303 e. The monoisotopic (exact) mass is 340 g/mol. The zero-order valence-corrected chi connectivity index (χ0v) is 14.7. The maximum atomic E-state index is 12.4. The number of anilines is 1. The van der Waals surface area contributed by atoms with Crippen LogP contribution in [-0.4, -0.2) is 37.6 Å². The van der Waals surface area contributed by atoms with Crippen LogP contribution in [-0.2, 0) is 17.6 Å². The lowest BCUT2D eigenvalue weighted by Gasteiger charge is -2.16. The maximum absolute atomic E-state index is 12.4. The minimum atomic E-state index is -0.787. The number of carboxylic acid groups (broad SMARTS) is 1. The van der Waals surface area contributed by atoms with Gasteiger partial charge in [-0.2, -0.15) is 0 Å². The molecule has 132 valence electrons. The van der Waals surface area contributed by atoms with Gasteiger partial charge in [-0.3, -0.25) is 9.59 Å². The topological polar surface area (TPSA) is 69.6 Å². The summed E-state index contributed by atoms with van der Waals surface area (Å²) in [6.07, 6.45) is 1.41. The van der Waals surface area contributed by atoms with Gasteiger partial charge in [0, 0.05) is 32.7 Å². The Hall–Kier alpha value is -2.82. The Labute approximate surface area is 148 Å². The quantitative estimate of drug-likeness (QED) is 0.775. The van der Waals surface area contributed by atoms with Gasteiger partial charge < -0.3 is 15.3 Å². The first kappa shape index (κ1) is 18.5. The number of hydrogen-bond donors (Lipinski definition) is 2. The van der Waals surface area contributed by atoms with E-state index in [0.717, 1.165) is 23.2 Å². The molecule has 2 aromatic carbocycles. The number of carbonyl (C=O) groups is 2. The van der Waals surface area contributed by atoms with Gasteiger partial charge in [0.1, 0.15) is 0 Å². The van der Waals surface area contributed by atoms with Crippen LogP contribution < -0.4 is 10.2 Å². The number of aryl methyl sites for hydroxylation is 1. The van der Waals surface area contributed by atoms with Crippen LogP contribution in [0.15, 0.2) is 48.5 Å². The summed E-state index contributed by atoms with van der Waals surface area (Å²) in [6, 6.07) is 15.4. The molecule has 0 aliphatic carbocycles. The van der Waals surface area contributed by atoms with Crippen LogP contribution >= 0.6 is 0 Å². The van der Waals surface area contributed by atoms with Crippen molar-refractivity contribution in [2.24, 2.45) is 0 Å². The summed E-state index contributed by atoms with van der Waals surface area (Å²) >= 11 is 0. The van der Waals surface area contributed by atoms with Crippen molar-refractivity contribution in [2.75, 3.05) is 25.5 Å². The number of benzene rings is 2. The Morgan fingerprint density at radius 3 is 2.16 bits per heavy atom. The van der Waals surface area contributed by atoms with E-state index in [1.807, 2.05) is 67.5 Å². The average molecular weight is 340 g/mol. The standard InChI is InChI=1S/C20H24N2O3/c1-22(2)18-6-4-3-5-17(18)20(25)21-14-13-16-9-7-15(8-10-16)11-12-19(23)24/h3-10H,11-14H2,1-2H3,(H,21,25)(H,23,24). The second-order valence-electron chi connectivity index (χ2n) is 6.13. The van der Waals surface area contributed by atoms with Gasteiger partial charge >= 0.3 is 5.97 Å². The lowest BCUT2D eigenvalue weighted by Crippen LogP contribution is -2.27. The van der Waals surface area contributed by atoms with Gasteiger partial charge in [0.25, 0.3) is 5.91 Å². The van der Waals surface area contributed by atoms with Crippen molar-refractivity contribution in [3.05, 3.63) is 65.2 Å². The summed E-state index contributed by atoms with van der Waals surface area (Å²) in [5.41, 5.74) is 3.68. The molecular formula is C20H24N2O3. The van der Waals surface area contributed by atoms with Crippen molar-refractivity contribution >= 4 is 17.6 Å². The Morgan fingerprint density at radius 2 is 1.56 bits per heavy atom. The van der Waals surface area contributed by atoms with Crippen molar-refractivity contribution in [2.45, 2.75) is 19.3 Å². The molecule has 0 atom stereocenters. The van der Waals surface area contributed by atoms with E-state index in [9.17, 15) is 9.59 Å². The van der Waals surface area contributed by atoms with Gasteiger partial charge in [-0.25, -0.2) is 0 Å². The van der Waals surface area contributed by atoms with Gasteiger partial charge in [-0.15, -0.1) is 0 Å². The molecule has 0 spiro atoms. The van der Waals surface area contributed by atoms with Crippen molar-refractivity contribution in [3.63, 3.8) is 0 Å². The Bertz CT molecular complexity index is 724. The molecule has 0 saturated heterocycles. The minimum absolute atomic E-state index is 0.0811. The molecule has 2 aromatic rings. The van der Waals surface area contributed by atoms with Gasteiger partial charge in [-0.1, -0.05) is 36.4 Å². The SMILES string of the molecule is CN(C)c1ccccc1C(=O)NCCc1ccc(CCC(=O)O)cc1. The summed E-state index contributed by atoms with van der Waals surface area (Å²) in [5.74, 6) is -0.868. The number of carbonyl (C=O) groups excluding carboxylic acids is 1. The zero-order chi connectivity index (χ0) is 18.2. The van der Waals surface area contributed by atoms with E-state index in [1.165, 1.54) is 0 Å². The molecule has 2 N–H and O–H groups in total. The maximum Gasteiger partial charge on any atom is 0.303 e. The number of amides is 1. The molecular weight excluding hydrogens is 316 g/mol. The van der Waals surface area contributed by atoms with Crippen LogP contribution in [0.1, 0.15) is 27.9 Å². The number of rotatable bonds is 8. The summed E-state index contributed by atoms with van der Waals surface area (Å²) in [7, 11) is 3.83. The first-order valence-corrected chi connectivity index (χ1v) is 8.31. The van der Waals surface area contributed by atoms with Gasteiger partial charge in [-0.05, 0) is 36.1 Å². The molecule has 25 heavy (non-hydrogen) atoms. The lowest BCUT2D eigenvalue weighted by molar-refractivity contribution is -0.136. The third-order valence-electron chi connectivity index (χ3n) is 3.98. The minimum Gasteiger partial charge on any atom is -0.481 e. The number of carboxylic acids is 1. The average Bonchev–Trinajstić information content (AvgIpc) is 2.60. The van der Waals surface area contributed by atoms with Crippen LogP contribution in [0, 0.1) is 0 Å². The third-order valence-corrected chi connectivity index (χ3v) is 3.98. The van der Waals surface area contributed by atoms with Crippen molar-refractivity contribution < 1.29 is 14.7 Å². The molecule has 0 aliphatic heterocycles. The van der Waals surface area contributed by atoms with E-state index in [4.69, 9.17) is 5.11 Å². The van der Waals surface area contributed by atoms with E-state index in [0.29, 0.717) is 18.5 Å². The molecule has 2 rings (SSSR count). The zero-order valence-electron chi connectivity index (χ0n) is 14.7. The summed E-state index contributed by atoms with van der Waals surface area (Å²) in [4.78, 5) is 24.9. The fourth-order valence-corrected chi connectivity index (χ4v) is 2.60. The number of hydrogen-bond acceptors (Lipinski definition) is 3. The van der Waals surface area contributed by atoms with Crippen LogP contribution in [0.5, 0.6) is 0 Å². The highest BCUT2D eigenvalue weighted by Crippen LogP contribution is 2.17. The molecule has 0 saturated carbocycles. The second kappa shape index (κ2) is 8.87. The highest BCUT2D eigenvalue weighted by atomic mass is 16.4. The van der Waals surface area contributed by atoms with Crippen molar-refractivity contribution in [1.29, 1.82) is 0 Å². The number of aliphatic carboxylic acids is 1. The fraction of sp³-hybridized carbons (Fsp3) is 0.300. The molecule has 5 heteroatoms. The Balaban J connectivity index is 1.86. The van der Waals surface area contributed by atoms with Gasteiger partial charge in [0.05, 0.1) is 5.56 Å². The molecule has 0 aromatic heterocycles. The lowest BCUT2D eigenvalue weighted by atomic mass is 10.1. The van der Waals surface area contributed by atoms with Crippen LogP contribution in [0.2, 0.25) is 0 Å². The first-order valence-electron chi connectivity index (χ1n) is 8.31. The molecule has 0 fully saturated rings. The van der Waals surface area contributed by atoms with E-state index in [-0.39, 0.29) is 12.3 Å². The number of nitrogens with one attached hydrogen (secondary N) is 1. The molecule has 0 heterocycles. The molecule has 5 nitrogen and oxygen atoms in total. The summed E-state index contributed by atoms with van der Waals surface area (Å²) in [6.45, 7) is 0.551. The first-order chi connectivity index (χ1) is 12.0. The Kier molecular flexibility index (Phi) is 6.57. The van der Waals surface area contributed by atoms with Crippen molar-refractivity contribution in [1.82, 2.24) is 5.32 Å². The predicted octanol–water partition coefficient (Wildman–Crippen LogP) is 2.74. The van der Waals surface area contributed by atoms with Crippen LogP contribution in [0.4, 0.5) is 5.69 Å². The molecule has 0 bridgehead atoms. The van der Waals surface area contributed by atoms with Crippen LogP contribution in [0.25, 0.3) is 0 Å². The molecule has 0 radical (unpaired) electrons. The predicted molar refractivity (Wildman–Crippen MR) is 99.2 cm³/mol. The van der Waals surface area contributed by atoms with E-state index in [2.05, 4.69) is 5.32 Å². The molecule has 1 amide bonds. The fourth-order valence-electron chi connectivity index (χ4n) is 2.60. The van der Waals surface area contributed by atoms with Crippen LogP contribution in [0.3, 0.4) is 0 Å². The van der Waals surface area contributed by atoms with E-state index < -0.39 is 5.97 Å². The molecule has 0 aliphatic rings. The highest BCUT2D eigenvalue weighted by Gasteiger charge is 2.11. The normalized spacial score (nSPS) is 10.3. The number of para-hydroxylation sites is 1. The van der Waals surface area contributed by atoms with Gasteiger partial charge in [0.2, 0.25) is 0 Å². The molecule has 0 unspecified atom stereocenters. The second-order valence-corrected chi connectivity index (χ2v) is 6.13. The summed E-state index contributed by atoms with van der Waals surface area (Å²) < 4.78 is 0. The highest BCUT2D eigenvalue weighted by molar-refractivity contribution is 5.99. The van der Waals surface area contributed by atoms with Gasteiger partial charge in [0.15, 0.2) is 0 Å². The van der Waals surface area contributed by atoms with E-state index in [1.54, 1.807) is 0 Å². The largest absolute Gasteiger partial charge is 0.481 e. The summed E-state index contributed by atoms with van der Waals surface area (Å²) in [5, 5.41) is 11.7. The number of nitrogens with zero attached hydrogens (tertiary/aromatic N) is 1.